The summed E-state index contributed by atoms with van der Waals surface area (Å²) in [6.07, 6.45) is 5.23. The Hall–Kier alpha value is -4.96. The van der Waals surface area contributed by atoms with E-state index >= 15 is 0 Å². The predicted molar refractivity (Wildman–Crippen MR) is 153 cm³/mol. The first-order chi connectivity index (χ1) is 19.7. The lowest BCUT2D eigenvalue weighted by Gasteiger charge is -2.13. The largest absolute Gasteiger partial charge is 0.454 e. The molecular weight excluding hydrogens is 549 g/mol. The van der Waals surface area contributed by atoms with E-state index in [9.17, 15) is 18.8 Å². The molecule has 0 saturated heterocycles. The summed E-state index contributed by atoms with van der Waals surface area (Å²) in [5.74, 6) is 0.301. The maximum absolute atomic E-state index is 13.4. The van der Waals surface area contributed by atoms with Gasteiger partial charge in [-0.1, -0.05) is 11.6 Å². The van der Waals surface area contributed by atoms with Gasteiger partial charge >= 0.3 is 0 Å². The molecule has 9 nitrogen and oxygen atoms in total. The molecule has 0 atom stereocenters. The molecule has 11 heteroatoms. The number of anilines is 2. The van der Waals surface area contributed by atoms with Gasteiger partial charge in [0.2, 0.25) is 5.91 Å². The van der Waals surface area contributed by atoms with E-state index in [1.54, 1.807) is 54.0 Å². The summed E-state index contributed by atoms with van der Waals surface area (Å²) in [5.41, 5.74) is 1.42. The number of fused-ring (bicyclic) bond motifs is 1. The standard InChI is InChI=1S/C30H23ClFN5O4/c1-17-2-11-23(30(40)37(17)21-8-5-19(32)6-9-21)29(39)33-20-7-12-25(24(31)14-20)41-22-10-13-27-34-26(16-36(27)15-22)35-28(38)18-3-4-18/h2,5-16,18H,3-4H2,1H3,(H,33,39)(H,35,38). The second kappa shape index (κ2) is 10.5. The SMILES string of the molecule is Cc1ccc(C(=O)Nc2ccc(Oc3ccc4nc(NC(=O)C5CC5)cn4c3)c(Cl)c2)c(=O)n1-c1ccc(F)cc1. The maximum Gasteiger partial charge on any atom is 0.268 e. The number of rotatable bonds is 7. The summed E-state index contributed by atoms with van der Waals surface area (Å²) < 4.78 is 22.4. The molecule has 1 saturated carbocycles. The van der Waals surface area contributed by atoms with Gasteiger partial charge < -0.3 is 19.8 Å². The Kier molecular flexibility index (Phi) is 6.76. The van der Waals surface area contributed by atoms with Gasteiger partial charge in [0.1, 0.15) is 28.5 Å². The lowest BCUT2D eigenvalue weighted by molar-refractivity contribution is -0.117. The molecular formula is C30H23ClFN5O4. The molecule has 6 rings (SSSR count). The van der Waals surface area contributed by atoms with E-state index < -0.39 is 17.3 Å². The van der Waals surface area contributed by atoms with Crippen LogP contribution in [0.1, 0.15) is 28.9 Å². The summed E-state index contributed by atoms with van der Waals surface area (Å²) in [5, 5.41) is 5.75. The second-order valence-electron chi connectivity index (χ2n) is 9.73. The van der Waals surface area contributed by atoms with Crippen LogP contribution in [0.4, 0.5) is 15.9 Å². The summed E-state index contributed by atoms with van der Waals surface area (Å²) in [6.45, 7) is 1.72. The zero-order valence-corrected chi connectivity index (χ0v) is 22.5. The van der Waals surface area contributed by atoms with Crippen LogP contribution in [0.2, 0.25) is 5.02 Å². The lowest BCUT2D eigenvalue weighted by atomic mass is 10.2. The third-order valence-electron chi connectivity index (χ3n) is 6.65. The second-order valence-corrected chi connectivity index (χ2v) is 10.1. The number of imidazole rings is 1. The van der Waals surface area contributed by atoms with Crippen molar-refractivity contribution in [2.45, 2.75) is 19.8 Å². The topological polar surface area (TPSA) is 107 Å². The van der Waals surface area contributed by atoms with Crippen LogP contribution in [0, 0.1) is 18.7 Å². The molecule has 0 spiro atoms. The number of aryl methyl sites for hydroxylation is 1. The van der Waals surface area contributed by atoms with Gasteiger partial charge in [0, 0.05) is 23.0 Å². The summed E-state index contributed by atoms with van der Waals surface area (Å²) in [7, 11) is 0. The number of nitrogens with one attached hydrogen (secondary N) is 2. The number of pyridine rings is 2. The smallest absolute Gasteiger partial charge is 0.268 e. The number of halogens is 2. The highest BCUT2D eigenvalue weighted by atomic mass is 35.5. The van der Waals surface area contributed by atoms with E-state index in [-0.39, 0.29) is 22.4 Å². The Morgan fingerprint density at radius 1 is 1.00 bits per heavy atom. The lowest BCUT2D eigenvalue weighted by Crippen LogP contribution is -2.29. The van der Waals surface area contributed by atoms with Crippen molar-refractivity contribution in [1.29, 1.82) is 0 Å². The number of amides is 2. The molecule has 0 bridgehead atoms. The van der Waals surface area contributed by atoms with Crippen molar-refractivity contribution in [2.24, 2.45) is 5.92 Å². The molecule has 3 aromatic heterocycles. The van der Waals surface area contributed by atoms with E-state index in [0.717, 1.165) is 12.8 Å². The molecule has 1 fully saturated rings. The molecule has 0 aliphatic heterocycles. The van der Waals surface area contributed by atoms with Crippen LogP contribution in [0.15, 0.2) is 83.9 Å². The quantitative estimate of drug-likeness (QED) is 0.250. The first kappa shape index (κ1) is 26.3. The van der Waals surface area contributed by atoms with E-state index in [1.807, 2.05) is 0 Å². The monoisotopic (exact) mass is 571 g/mol. The first-order valence-corrected chi connectivity index (χ1v) is 13.2. The van der Waals surface area contributed by atoms with Crippen LogP contribution in [0.5, 0.6) is 11.5 Å². The number of carbonyl (C=O) groups is 2. The van der Waals surface area contributed by atoms with Crippen LogP contribution in [0.3, 0.4) is 0 Å². The number of ether oxygens (including phenoxy) is 1. The molecule has 2 amide bonds. The van der Waals surface area contributed by atoms with Crippen molar-refractivity contribution in [2.75, 3.05) is 10.6 Å². The van der Waals surface area contributed by atoms with E-state index in [4.69, 9.17) is 16.3 Å². The minimum Gasteiger partial charge on any atom is -0.454 e. The Morgan fingerprint density at radius 2 is 1.78 bits per heavy atom. The van der Waals surface area contributed by atoms with E-state index in [1.165, 1.54) is 41.0 Å². The van der Waals surface area contributed by atoms with Crippen molar-refractivity contribution >= 4 is 40.6 Å². The van der Waals surface area contributed by atoms with Crippen molar-refractivity contribution in [3.8, 4) is 17.2 Å². The third-order valence-corrected chi connectivity index (χ3v) is 6.94. The molecule has 3 heterocycles. The maximum atomic E-state index is 13.4. The normalized spacial score (nSPS) is 12.8. The summed E-state index contributed by atoms with van der Waals surface area (Å²) in [6, 6.07) is 16.7. The fourth-order valence-electron chi connectivity index (χ4n) is 4.37. The third kappa shape index (κ3) is 5.55. The van der Waals surface area contributed by atoms with Crippen LogP contribution >= 0.6 is 11.6 Å². The number of nitrogens with zero attached hydrogens (tertiary/aromatic N) is 3. The number of hydrogen-bond donors (Lipinski definition) is 2. The number of benzene rings is 2. The van der Waals surface area contributed by atoms with Gasteiger partial charge in [0.25, 0.3) is 11.5 Å². The Morgan fingerprint density at radius 3 is 2.51 bits per heavy atom. The van der Waals surface area contributed by atoms with Gasteiger partial charge in [-0.05, 0) is 86.5 Å². The minimum atomic E-state index is -0.620. The number of carbonyl (C=O) groups excluding carboxylic acids is 2. The molecule has 0 unspecified atom stereocenters. The van der Waals surface area contributed by atoms with E-state index in [2.05, 4.69) is 15.6 Å². The van der Waals surface area contributed by atoms with Crippen LogP contribution in [-0.4, -0.2) is 25.8 Å². The van der Waals surface area contributed by atoms with E-state index in [0.29, 0.717) is 40.0 Å². The van der Waals surface area contributed by atoms with Crippen molar-refractivity contribution in [3.63, 3.8) is 0 Å². The van der Waals surface area contributed by atoms with Gasteiger partial charge in [0.15, 0.2) is 5.82 Å². The Balaban J connectivity index is 1.17. The Labute approximate surface area is 238 Å². The highest BCUT2D eigenvalue weighted by Gasteiger charge is 2.30. The Bertz CT molecular complexity index is 1880. The van der Waals surface area contributed by atoms with Crippen LogP contribution < -0.4 is 20.9 Å². The molecule has 5 aromatic rings. The molecule has 1 aliphatic rings. The zero-order chi connectivity index (χ0) is 28.7. The summed E-state index contributed by atoms with van der Waals surface area (Å²) in [4.78, 5) is 42.6. The molecule has 2 N–H and O–H groups in total. The molecule has 0 radical (unpaired) electrons. The van der Waals surface area contributed by atoms with Gasteiger partial charge in [-0.3, -0.25) is 19.0 Å². The van der Waals surface area contributed by atoms with Crippen LogP contribution in [-0.2, 0) is 4.79 Å². The van der Waals surface area contributed by atoms with Crippen molar-refractivity contribution < 1.29 is 18.7 Å². The number of aromatic nitrogens is 3. The average Bonchev–Trinajstić information content (AvgIpc) is 3.72. The molecule has 1 aliphatic carbocycles. The number of hydrogen-bond acceptors (Lipinski definition) is 5. The molecule has 41 heavy (non-hydrogen) atoms. The molecule has 2 aromatic carbocycles. The predicted octanol–water partition coefficient (Wildman–Crippen LogP) is 5.98. The fraction of sp³-hybridized carbons (Fsp3) is 0.133. The highest BCUT2D eigenvalue weighted by Crippen LogP contribution is 2.33. The average molecular weight is 572 g/mol. The van der Waals surface area contributed by atoms with Gasteiger partial charge in [0.05, 0.1) is 17.4 Å². The van der Waals surface area contributed by atoms with Gasteiger partial charge in [-0.15, -0.1) is 0 Å². The van der Waals surface area contributed by atoms with Crippen LogP contribution in [0.25, 0.3) is 11.3 Å². The molecule has 206 valence electrons. The van der Waals surface area contributed by atoms with Crippen molar-refractivity contribution in [1.82, 2.24) is 14.0 Å². The minimum absolute atomic E-state index is 0.0234. The highest BCUT2D eigenvalue weighted by molar-refractivity contribution is 6.32. The van der Waals surface area contributed by atoms with Crippen molar-refractivity contribution in [3.05, 3.63) is 112 Å². The first-order valence-electron chi connectivity index (χ1n) is 12.8. The fourth-order valence-corrected chi connectivity index (χ4v) is 4.59. The van der Waals surface area contributed by atoms with Gasteiger partial charge in [-0.2, -0.15) is 0 Å². The van der Waals surface area contributed by atoms with Gasteiger partial charge in [-0.25, -0.2) is 9.37 Å². The summed E-state index contributed by atoms with van der Waals surface area (Å²) >= 11 is 6.45. The zero-order valence-electron chi connectivity index (χ0n) is 21.7.